The lowest BCUT2D eigenvalue weighted by molar-refractivity contribution is 0.0494. The van der Waals surface area contributed by atoms with Crippen LogP contribution in [0.15, 0.2) is 60.7 Å². The van der Waals surface area contributed by atoms with Crippen molar-refractivity contribution in [1.29, 1.82) is 0 Å². The molecular formula is C22H16ClNO4. The predicted octanol–water partition coefficient (Wildman–Crippen LogP) is 4.59. The molecule has 1 aliphatic rings. The van der Waals surface area contributed by atoms with Crippen molar-refractivity contribution < 1.29 is 19.4 Å². The summed E-state index contributed by atoms with van der Waals surface area (Å²) in [6.45, 7) is 0.112. The number of aromatic carboxylic acids is 1. The van der Waals surface area contributed by atoms with Gasteiger partial charge in [-0.2, -0.15) is 0 Å². The maximum atomic E-state index is 12.6. The number of esters is 1. The molecule has 0 saturated carbocycles. The Kier molecular flexibility index (Phi) is 4.53. The van der Waals surface area contributed by atoms with Crippen molar-refractivity contribution in [1.82, 2.24) is 0 Å². The van der Waals surface area contributed by atoms with Crippen molar-refractivity contribution in [3.63, 3.8) is 0 Å². The van der Waals surface area contributed by atoms with Crippen molar-refractivity contribution in [2.24, 2.45) is 0 Å². The first kappa shape index (κ1) is 18.1. The Morgan fingerprint density at radius 1 is 0.964 bits per heavy atom. The molecule has 0 unspecified atom stereocenters. The van der Waals surface area contributed by atoms with E-state index in [-0.39, 0.29) is 34.4 Å². The van der Waals surface area contributed by atoms with Gasteiger partial charge < -0.3 is 15.6 Å². The van der Waals surface area contributed by atoms with Crippen LogP contribution in [0.5, 0.6) is 0 Å². The molecule has 140 valence electrons. The third-order valence-corrected chi connectivity index (χ3v) is 5.30. The highest BCUT2D eigenvalue weighted by atomic mass is 35.5. The van der Waals surface area contributed by atoms with Crippen molar-refractivity contribution in [2.75, 3.05) is 12.3 Å². The van der Waals surface area contributed by atoms with E-state index in [2.05, 4.69) is 0 Å². The number of fused-ring (bicyclic) bond motifs is 3. The van der Waals surface area contributed by atoms with Crippen molar-refractivity contribution >= 4 is 29.2 Å². The Bertz CT molecular complexity index is 1060. The molecule has 0 amide bonds. The van der Waals surface area contributed by atoms with Crippen LogP contribution in [-0.2, 0) is 4.74 Å². The number of carbonyl (C=O) groups excluding carboxylic acids is 1. The van der Waals surface area contributed by atoms with Gasteiger partial charge in [0, 0.05) is 11.6 Å². The normalized spacial score (nSPS) is 12.3. The lowest BCUT2D eigenvalue weighted by Crippen LogP contribution is -2.14. The van der Waals surface area contributed by atoms with E-state index < -0.39 is 11.9 Å². The number of hydrogen-bond donors (Lipinski definition) is 2. The number of carboxylic acids is 1. The molecule has 1 aliphatic carbocycles. The number of carboxylic acid groups (broad SMARTS) is 1. The van der Waals surface area contributed by atoms with Gasteiger partial charge in [-0.25, -0.2) is 9.59 Å². The lowest BCUT2D eigenvalue weighted by atomic mass is 9.98. The van der Waals surface area contributed by atoms with E-state index in [1.807, 2.05) is 48.5 Å². The quantitative estimate of drug-likeness (QED) is 0.499. The molecule has 6 heteroatoms. The number of rotatable bonds is 4. The molecule has 0 atom stereocenters. The van der Waals surface area contributed by atoms with Gasteiger partial charge in [0.15, 0.2) is 0 Å². The fourth-order valence-corrected chi connectivity index (χ4v) is 3.89. The van der Waals surface area contributed by atoms with Gasteiger partial charge in [0.25, 0.3) is 0 Å². The molecule has 0 aromatic heterocycles. The summed E-state index contributed by atoms with van der Waals surface area (Å²) in [6, 6.07) is 18.5. The molecule has 3 N–H and O–H groups in total. The highest BCUT2D eigenvalue weighted by Crippen LogP contribution is 2.44. The molecular weight excluding hydrogens is 378 g/mol. The first-order valence-corrected chi connectivity index (χ1v) is 9.03. The van der Waals surface area contributed by atoms with Gasteiger partial charge in [0.05, 0.1) is 16.1 Å². The van der Waals surface area contributed by atoms with Crippen LogP contribution in [0, 0.1) is 0 Å². The van der Waals surface area contributed by atoms with Gasteiger partial charge in [-0.3, -0.25) is 0 Å². The Labute approximate surface area is 166 Å². The second-order valence-corrected chi connectivity index (χ2v) is 6.94. The molecule has 3 aromatic carbocycles. The van der Waals surface area contributed by atoms with Crippen LogP contribution in [0.2, 0.25) is 5.02 Å². The van der Waals surface area contributed by atoms with Crippen LogP contribution in [-0.4, -0.2) is 23.7 Å². The average molecular weight is 394 g/mol. The number of hydrogen-bond acceptors (Lipinski definition) is 4. The third-order valence-electron chi connectivity index (χ3n) is 4.89. The van der Waals surface area contributed by atoms with E-state index in [1.54, 1.807) is 0 Å². The smallest absolute Gasteiger partial charge is 0.339 e. The Balaban J connectivity index is 1.62. The van der Waals surface area contributed by atoms with Gasteiger partial charge >= 0.3 is 11.9 Å². The zero-order chi connectivity index (χ0) is 19.8. The number of ether oxygens (including phenoxy) is 1. The van der Waals surface area contributed by atoms with Crippen molar-refractivity contribution in [2.45, 2.75) is 5.92 Å². The van der Waals surface area contributed by atoms with Gasteiger partial charge in [-0.05, 0) is 34.4 Å². The first-order chi connectivity index (χ1) is 13.5. The van der Waals surface area contributed by atoms with Crippen LogP contribution in [0.3, 0.4) is 0 Å². The second-order valence-electron chi connectivity index (χ2n) is 6.56. The number of halogens is 1. The molecule has 3 aromatic rings. The molecule has 0 fully saturated rings. The number of anilines is 1. The second kappa shape index (κ2) is 7.02. The maximum absolute atomic E-state index is 12.6. The highest BCUT2D eigenvalue weighted by molar-refractivity contribution is 6.36. The number of nitrogens with two attached hydrogens (primary N) is 1. The van der Waals surface area contributed by atoms with E-state index in [9.17, 15) is 14.7 Å². The number of carbonyl (C=O) groups is 2. The summed E-state index contributed by atoms with van der Waals surface area (Å²) in [6.07, 6.45) is 0. The van der Waals surface area contributed by atoms with Gasteiger partial charge in [-0.1, -0.05) is 60.1 Å². The fraction of sp³-hybridized carbons (Fsp3) is 0.0909. The van der Waals surface area contributed by atoms with E-state index >= 15 is 0 Å². The fourth-order valence-electron chi connectivity index (χ4n) is 3.63. The monoisotopic (exact) mass is 393 g/mol. The van der Waals surface area contributed by atoms with E-state index in [0.29, 0.717) is 0 Å². The minimum absolute atomic E-state index is 0.0568. The van der Waals surface area contributed by atoms with Crippen LogP contribution in [0.25, 0.3) is 11.1 Å². The Morgan fingerprint density at radius 2 is 1.50 bits per heavy atom. The van der Waals surface area contributed by atoms with Crippen LogP contribution < -0.4 is 5.73 Å². The van der Waals surface area contributed by atoms with Gasteiger partial charge in [-0.15, -0.1) is 0 Å². The molecule has 5 nitrogen and oxygen atoms in total. The summed E-state index contributed by atoms with van der Waals surface area (Å²) >= 11 is 6.09. The average Bonchev–Trinajstić information content (AvgIpc) is 3.01. The van der Waals surface area contributed by atoms with Crippen molar-refractivity contribution in [3.05, 3.63) is 87.9 Å². The number of nitrogen functional groups attached to an aromatic ring is 1. The van der Waals surface area contributed by atoms with Gasteiger partial charge in [0.2, 0.25) is 0 Å². The summed E-state index contributed by atoms with van der Waals surface area (Å²) < 4.78 is 5.52. The topological polar surface area (TPSA) is 89.6 Å². The largest absolute Gasteiger partial charge is 0.478 e. The predicted molar refractivity (Wildman–Crippen MR) is 107 cm³/mol. The van der Waals surface area contributed by atoms with E-state index in [1.165, 1.54) is 12.1 Å². The lowest BCUT2D eigenvalue weighted by Gasteiger charge is -2.15. The molecule has 0 radical (unpaired) electrons. The Morgan fingerprint density at radius 3 is 2.07 bits per heavy atom. The SMILES string of the molecule is Nc1cc(C(=O)O)c(Cl)c(C(=O)OCC2c3ccccc3-c3ccccc32)c1. The van der Waals surface area contributed by atoms with Crippen LogP contribution >= 0.6 is 11.6 Å². The summed E-state index contributed by atoms with van der Waals surface area (Å²) in [5.41, 5.74) is 9.97. The molecule has 0 heterocycles. The maximum Gasteiger partial charge on any atom is 0.339 e. The molecule has 4 rings (SSSR count). The van der Waals surface area contributed by atoms with Gasteiger partial charge in [0.1, 0.15) is 6.61 Å². The minimum Gasteiger partial charge on any atom is -0.478 e. The molecule has 0 aliphatic heterocycles. The molecule has 0 saturated heterocycles. The molecule has 28 heavy (non-hydrogen) atoms. The standard InChI is InChI=1S/C22H16ClNO4/c23-20-17(21(25)26)9-12(24)10-18(20)22(27)28-11-19-15-7-3-1-5-13(15)14-6-2-4-8-16(14)19/h1-10,19H,11,24H2,(H,25,26). The first-order valence-electron chi connectivity index (χ1n) is 8.65. The Hall–Kier alpha value is -3.31. The van der Waals surface area contributed by atoms with E-state index in [0.717, 1.165) is 22.3 Å². The van der Waals surface area contributed by atoms with E-state index in [4.69, 9.17) is 22.1 Å². The number of benzene rings is 3. The summed E-state index contributed by atoms with van der Waals surface area (Å²) in [4.78, 5) is 23.9. The summed E-state index contributed by atoms with van der Waals surface area (Å²) in [5, 5.41) is 9.04. The highest BCUT2D eigenvalue weighted by Gasteiger charge is 2.29. The van der Waals surface area contributed by atoms with Crippen molar-refractivity contribution in [3.8, 4) is 11.1 Å². The zero-order valence-corrected chi connectivity index (χ0v) is 15.4. The summed E-state index contributed by atoms with van der Waals surface area (Å²) in [7, 11) is 0. The van der Waals surface area contributed by atoms with Crippen LogP contribution in [0.4, 0.5) is 5.69 Å². The third kappa shape index (κ3) is 3.00. The zero-order valence-electron chi connectivity index (χ0n) is 14.7. The minimum atomic E-state index is -1.26. The molecule has 0 bridgehead atoms. The van der Waals surface area contributed by atoms with Crippen LogP contribution in [0.1, 0.15) is 37.8 Å². The molecule has 0 spiro atoms. The summed E-state index contributed by atoms with van der Waals surface area (Å²) in [5.74, 6) is -2.07.